The lowest BCUT2D eigenvalue weighted by atomic mass is 10.1. The fraction of sp³-hybridized carbons (Fsp3) is 0.517. The normalized spacial score (nSPS) is 17.9. The van der Waals surface area contributed by atoms with Crippen LogP contribution in [-0.2, 0) is 25.7 Å². The van der Waals surface area contributed by atoms with E-state index in [1.807, 2.05) is 30.3 Å². The predicted octanol–water partition coefficient (Wildman–Crippen LogP) is 4.33. The van der Waals surface area contributed by atoms with E-state index in [1.165, 1.54) is 26.4 Å². The van der Waals surface area contributed by atoms with Crippen molar-refractivity contribution in [1.29, 1.82) is 0 Å². The molecule has 3 rings (SSSR count). The molecule has 2 aromatic rings. The lowest BCUT2D eigenvalue weighted by Gasteiger charge is -2.29. The van der Waals surface area contributed by atoms with Crippen LogP contribution in [0, 0.1) is 0 Å². The molecule has 0 bridgehead atoms. The van der Waals surface area contributed by atoms with Gasteiger partial charge in [0.25, 0.3) is 5.91 Å². The van der Waals surface area contributed by atoms with Crippen molar-refractivity contribution in [2.75, 3.05) is 41.2 Å². The quantitative estimate of drug-likeness (QED) is 0.315. The Labute approximate surface area is 235 Å². The molecule has 40 heavy (non-hydrogen) atoms. The fourth-order valence-electron chi connectivity index (χ4n) is 4.19. The molecule has 0 spiro atoms. The topological polar surface area (TPSA) is 114 Å². The Bertz CT molecular complexity index is 1080. The van der Waals surface area contributed by atoms with Crippen LogP contribution >= 0.6 is 0 Å². The first-order valence-electron chi connectivity index (χ1n) is 13.1. The van der Waals surface area contributed by atoms with Crippen molar-refractivity contribution in [3.8, 4) is 17.2 Å². The van der Waals surface area contributed by atoms with Gasteiger partial charge in [-0.3, -0.25) is 4.79 Å². The monoisotopic (exact) mass is 560 g/mol. The molecule has 11 heteroatoms. The molecule has 0 radical (unpaired) electrons. The third-order valence-corrected chi connectivity index (χ3v) is 6.01. The number of carbonyl (C=O) groups is 2. The summed E-state index contributed by atoms with van der Waals surface area (Å²) in [7, 11) is 4.45. The number of hydrogen-bond donors (Lipinski definition) is 1. The third-order valence-electron chi connectivity index (χ3n) is 6.01. The molecular formula is C29H40N2O9. The maximum Gasteiger partial charge on any atom is 0.528 e. The van der Waals surface area contributed by atoms with Gasteiger partial charge in [0.15, 0.2) is 18.3 Å². The highest BCUT2D eigenvalue weighted by Gasteiger charge is 2.32. The number of rotatable bonds is 11. The molecular weight excluding hydrogens is 520 g/mol. The lowest BCUT2D eigenvalue weighted by molar-refractivity contribution is -0.145. The van der Waals surface area contributed by atoms with Crippen molar-refractivity contribution in [2.45, 2.75) is 58.0 Å². The van der Waals surface area contributed by atoms with Gasteiger partial charge in [-0.2, -0.15) is 0 Å². The van der Waals surface area contributed by atoms with E-state index in [0.717, 1.165) is 5.56 Å². The number of nitrogens with one attached hydrogen (secondary N) is 1. The minimum absolute atomic E-state index is 0.0196. The van der Waals surface area contributed by atoms with E-state index in [0.29, 0.717) is 48.8 Å². The van der Waals surface area contributed by atoms with Gasteiger partial charge in [-0.15, -0.1) is 5.06 Å². The van der Waals surface area contributed by atoms with Crippen molar-refractivity contribution in [3.05, 3.63) is 53.6 Å². The van der Waals surface area contributed by atoms with Gasteiger partial charge in [-0.25, -0.2) is 4.79 Å². The zero-order chi connectivity index (χ0) is 29.1. The Hall–Kier alpha value is -3.54. The van der Waals surface area contributed by atoms with E-state index in [9.17, 15) is 9.59 Å². The predicted molar refractivity (Wildman–Crippen MR) is 146 cm³/mol. The Morgan fingerprint density at radius 2 is 1.70 bits per heavy atom. The van der Waals surface area contributed by atoms with Crippen molar-refractivity contribution in [2.24, 2.45) is 0 Å². The molecule has 1 saturated heterocycles. The highest BCUT2D eigenvalue weighted by atomic mass is 16.8. The molecule has 2 atom stereocenters. The summed E-state index contributed by atoms with van der Waals surface area (Å²) in [6.45, 7) is 6.31. The van der Waals surface area contributed by atoms with Crippen molar-refractivity contribution >= 4 is 12.1 Å². The van der Waals surface area contributed by atoms with Gasteiger partial charge in [-0.05, 0) is 51.3 Å². The maximum atomic E-state index is 13.5. The van der Waals surface area contributed by atoms with Crippen molar-refractivity contribution in [1.82, 2.24) is 10.4 Å². The summed E-state index contributed by atoms with van der Waals surface area (Å²) >= 11 is 0. The number of nitrogens with zero attached hydrogens (tertiary/aromatic N) is 1. The van der Waals surface area contributed by atoms with E-state index < -0.39 is 17.8 Å². The fourth-order valence-corrected chi connectivity index (χ4v) is 4.19. The first-order valence-corrected chi connectivity index (χ1v) is 13.1. The smallest absolute Gasteiger partial charge is 0.493 e. The maximum absolute atomic E-state index is 13.5. The summed E-state index contributed by atoms with van der Waals surface area (Å²) in [5.41, 5.74) is 0.610. The van der Waals surface area contributed by atoms with Crippen LogP contribution in [0.5, 0.6) is 17.2 Å². The number of carbonyl (C=O) groups excluding carboxylic acids is 2. The van der Waals surface area contributed by atoms with Crippen LogP contribution in [0.3, 0.4) is 0 Å². The van der Waals surface area contributed by atoms with Gasteiger partial charge in [0.1, 0.15) is 5.60 Å². The van der Waals surface area contributed by atoms with Crippen LogP contribution in [0.4, 0.5) is 4.79 Å². The molecule has 1 aliphatic rings. The second kappa shape index (κ2) is 14.7. The van der Waals surface area contributed by atoms with Crippen LogP contribution in [0.2, 0.25) is 0 Å². The Morgan fingerprint density at radius 1 is 1.02 bits per heavy atom. The van der Waals surface area contributed by atoms with Crippen LogP contribution in [0.25, 0.3) is 0 Å². The largest absolute Gasteiger partial charge is 0.528 e. The zero-order valence-electron chi connectivity index (χ0n) is 24.1. The molecule has 1 N–H and O–H groups in total. The van der Waals surface area contributed by atoms with Gasteiger partial charge in [0.2, 0.25) is 5.75 Å². The molecule has 2 aromatic carbocycles. The summed E-state index contributed by atoms with van der Waals surface area (Å²) in [5, 5.41) is 4.57. The van der Waals surface area contributed by atoms with Crippen LogP contribution in [0.15, 0.2) is 42.5 Å². The number of hydroxylamine groups is 2. The SMILES string of the molecule is COCOc1c(OC)cc(C(=O)N[C@@H]2CN(OC(=O)OC(C)(C)C)CCC[C@H]2OCc2ccccc2)cc1OC. The van der Waals surface area contributed by atoms with E-state index in [-0.39, 0.29) is 25.3 Å². The summed E-state index contributed by atoms with van der Waals surface area (Å²) in [6.07, 6.45) is 0.177. The van der Waals surface area contributed by atoms with Gasteiger partial charge in [0.05, 0.1) is 39.5 Å². The molecule has 0 aliphatic carbocycles. The molecule has 1 amide bonds. The highest BCUT2D eigenvalue weighted by Crippen LogP contribution is 2.38. The molecule has 220 valence electrons. The van der Waals surface area contributed by atoms with E-state index in [1.54, 1.807) is 32.9 Å². The Morgan fingerprint density at radius 3 is 2.30 bits per heavy atom. The van der Waals surface area contributed by atoms with Gasteiger partial charge < -0.3 is 38.6 Å². The van der Waals surface area contributed by atoms with E-state index in [4.69, 9.17) is 33.3 Å². The molecule has 0 aromatic heterocycles. The molecule has 1 heterocycles. The summed E-state index contributed by atoms with van der Waals surface area (Å²) in [5.74, 6) is 0.564. The van der Waals surface area contributed by atoms with Crippen molar-refractivity contribution in [3.63, 3.8) is 0 Å². The standard InChI is InChI=1S/C29H40N2O9/c1-29(2,3)39-28(33)40-31-14-10-13-23(37-18-20-11-8-7-9-12-20)22(17-31)30-27(32)21-15-24(35-5)26(38-19-34-4)25(16-21)36-6/h7-9,11-12,15-16,22-23H,10,13-14,17-19H2,1-6H3,(H,30,32)/t22-,23-/m1/s1. The number of ether oxygens (including phenoxy) is 6. The highest BCUT2D eigenvalue weighted by molar-refractivity contribution is 5.96. The van der Waals surface area contributed by atoms with Crippen LogP contribution < -0.4 is 19.5 Å². The van der Waals surface area contributed by atoms with Crippen LogP contribution in [-0.4, -0.2) is 76.1 Å². The Balaban J connectivity index is 1.82. The summed E-state index contributed by atoms with van der Waals surface area (Å²) in [4.78, 5) is 31.4. The second-order valence-corrected chi connectivity index (χ2v) is 10.3. The van der Waals surface area contributed by atoms with E-state index in [2.05, 4.69) is 5.32 Å². The average Bonchev–Trinajstić information content (AvgIpc) is 3.10. The summed E-state index contributed by atoms with van der Waals surface area (Å²) < 4.78 is 33.1. The molecule has 0 saturated carbocycles. The molecule has 0 unspecified atom stereocenters. The molecule has 1 aliphatic heterocycles. The minimum atomic E-state index is -0.803. The summed E-state index contributed by atoms with van der Waals surface area (Å²) in [6, 6.07) is 12.4. The third kappa shape index (κ3) is 9.29. The van der Waals surface area contributed by atoms with Gasteiger partial charge >= 0.3 is 6.16 Å². The van der Waals surface area contributed by atoms with Crippen molar-refractivity contribution < 1.29 is 42.8 Å². The Kier molecular flexibility index (Phi) is 11.4. The minimum Gasteiger partial charge on any atom is -0.493 e. The lowest BCUT2D eigenvalue weighted by Crippen LogP contribution is -2.50. The second-order valence-electron chi connectivity index (χ2n) is 10.3. The zero-order valence-corrected chi connectivity index (χ0v) is 24.1. The number of methoxy groups -OCH3 is 3. The average molecular weight is 561 g/mol. The first-order chi connectivity index (χ1) is 19.1. The number of amides is 1. The van der Waals surface area contributed by atoms with Crippen LogP contribution in [0.1, 0.15) is 49.5 Å². The number of hydrogen-bond acceptors (Lipinski definition) is 10. The van der Waals surface area contributed by atoms with E-state index >= 15 is 0 Å². The van der Waals surface area contributed by atoms with Gasteiger partial charge in [0, 0.05) is 19.2 Å². The molecule has 11 nitrogen and oxygen atoms in total. The van der Waals surface area contributed by atoms with Gasteiger partial charge in [-0.1, -0.05) is 30.3 Å². The first kappa shape index (κ1) is 31.0. The molecule has 1 fully saturated rings. The number of benzene rings is 2.